The predicted octanol–water partition coefficient (Wildman–Crippen LogP) is 2.25. The second-order valence-electron chi connectivity index (χ2n) is 6.20. The van der Waals surface area contributed by atoms with E-state index in [1.165, 1.54) is 4.90 Å². The van der Waals surface area contributed by atoms with Crippen LogP contribution in [0.3, 0.4) is 0 Å². The Morgan fingerprint density at radius 2 is 1.63 bits per heavy atom. The Morgan fingerprint density at radius 3 is 2.33 bits per heavy atom. The van der Waals surface area contributed by atoms with Crippen molar-refractivity contribution >= 4 is 17.9 Å². The highest BCUT2D eigenvalue weighted by Gasteiger charge is 2.35. The lowest BCUT2D eigenvalue weighted by atomic mass is 10.2. The zero-order valence-corrected chi connectivity index (χ0v) is 14.8. The third kappa shape index (κ3) is 4.84. The molecular weight excluding hydrogens is 346 g/mol. The number of carbonyl (C=O) groups excluding carboxylic acids is 3. The fraction of sp³-hybridized carbons (Fsp3) is 0.250. The summed E-state index contributed by atoms with van der Waals surface area (Å²) in [7, 11) is 0. The minimum absolute atomic E-state index is 0.148. The Labute approximate surface area is 157 Å². The number of nitrogens with one attached hydrogen (secondary N) is 2. The van der Waals surface area contributed by atoms with Crippen molar-refractivity contribution in [2.45, 2.75) is 25.5 Å². The van der Waals surface area contributed by atoms with Crippen LogP contribution in [-0.2, 0) is 16.1 Å². The Morgan fingerprint density at radius 1 is 0.963 bits per heavy atom. The van der Waals surface area contributed by atoms with E-state index < -0.39 is 23.9 Å². The molecule has 0 spiro atoms. The van der Waals surface area contributed by atoms with Crippen LogP contribution in [-0.4, -0.2) is 35.4 Å². The first-order valence-corrected chi connectivity index (χ1v) is 8.78. The number of ether oxygens (including phenoxy) is 1. The van der Waals surface area contributed by atoms with E-state index in [0.717, 1.165) is 5.56 Å². The zero-order valence-electron chi connectivity index (χ0n) is 14.8. The second-order valence-corrected chi connectivity index (χ2v) is 6.20. The highest BCUT2D eigenvalue weighted by molar-refractivity contribution is 5.96. The number of hydrazine groups is 1. The van der Waals surface area contributed by atoms with Crippen molar-refractivity contribution in [3.63, 3.8) is 0 Å². The molecule has 1 aliphatic rings. The van der Waals surface area contributed by atoms with Crippen molar-refractivity contribution < 1.29 is 19.1 Å². The topological polar surface area (TPSA) is 87.7 Å². The van der Waals surface area contributed by atoms with Gasteiger partial charge in [-0.05, 0) is 30.5 Å². The van der Waals surface area contributed by atoms with Crippen LogP contribution in [0.4, 0.5) is 4.79 Å². The van der Waals surface area contributed by atoms with E-state index in [4.69, 9.17) is 4.74 Å². The molecule has 0 bridgehead atoms. The maximum Gasteiger partial charge on any atom is 0.410 e. The van der Waals surface area contributed by atoms with Gasteiger partial charge >= 0.3 is 6.09 Å². The Kier molecular flexibility index (Phi) is 6.04. The summed E-state index contributed by atoms with van der Waals surface area (Å²) < 4.78 is 5.31. The molecule has 1 heterocycles. The molecule has 7 heteroatoms. The monoisotopic (exact) mass is 367 g/mol. The molecule has 2 aromatic carbocycles. The van der Waals surface area contributed by atoms with Gasteiger partial charge in [-0.25, -0.2) is 4.79 Å². The molecule has 27 heavy (non-hydrogen) atoms. The lowest BCUT2D eigenvalue weighted by Crippen LogP contribution is -2.51. The number of carbonyl (C=O) groups is 3. The van der Waals surface area contributed by atoms with Crippen molar-refractivity contribution in [1.82, 2.24) is 15.8 Å². The number of nitrogens with zero attached hydrogens (tertiary/aromatic N) is 1. The van der Waals surface area contributed by atoms with Gasteiger partial charge in [-0.2, -0.15) is 0 Å². The van der Waals surface area contributed by atoms with E-state index in [9.17, 15) is 14.4 Å². The van der Waals surface area contributed by atoms with E-state index in [1.54, 1.807) is 30.3 Å². The molecule has 2 aromatic rings. The third-order valence-electron chi connectivity index (χ3n) is 4.33. The Balaban J connectivity index is 1.51. The summed E-state index contributed by atoms with van der Waals surface area (Å²) in [6, 6.07) is 17.2. The first kappa shape index (κ1) is 18.4. The first-order chi connectivity index (χ1) is 13.1. The largest absolute Gasteiger partial charge is 0.445 e. The van der Waals surface area contributed by atoms with Gasteiger partial charge in [-0.1, -0.05) is 48.5 Å². The summed E-state index contributed by atoms with van der Waals surface area (Å²) in [6.45, 7) is 0.591. The van der Waals surface area contributed by atoms with Crippen LogP contribution in [0.5, 0.6) is 0 Å². The third-order valence-corrected chi connectivity index (χ3v) is 4.33. The molecule has 3 amide bonds. The van der Waals surface area contributed by atoms with Gasteiger partial charge in [0.15, 0.2) is 0 Å². The standard InChI is InChI=1S/C20H21N3O4/c24-18(16-10-5-2-6-11-16)21-22-19(25)17-12-7-13-23(17)20(26)27-14-15-8-3-1-4-9-15/h1-6,8-11,17H,7,12-14H2,(H,21,24)(H,22,25)/t17-/m0/s1. The van der Waals surface area contributed by atoms with Gasteiger partial charge in [-0.15, -0.1) is 0 Å². The number of amides is 3. The number of hydrogen-bond acceptors (Lipinski definition) is 4. The van der Waals surface area contributed by atoms with Crippen LogP contribution in [0, 0.1) is 0 Å². The lowest BCUT2D eigenvalue weighted by molar-refractivity contribution is -0.125. The van der Waals surface area contributed by atoms with Crippen LogP contribution in [0.2, 0.25) is 0 Å². The number of hydrogen-bond donors (Lipinski definition) is 2. The molecule has 0 radical (unpaired) electrons. The van der Waals surface area contributed by atoms with Gasteiger partial charge in [0.05, 0.1) is 0 Å². The number of benzene rings is 2. The quantitative estimate of drug-likeness (QED) is 0.812. The minimum Gasteiger partial charge on any atom is -0.445 e. The fourth-order valence-corrected chi connectivity index (χ4v) is 2.92. The summed E-state index contributed by atoms with van der Waals surface area (Å²) in [5.41, 5.74) is 6.08. The van der Waals surface area contributed by atoms with Crippen LogP contribution >= 0.6 is 0 Å². The normalized spacial score (nSPS) is 15.9. The molecule has 0 aliphatic carbocycles. The minimum atomic E-state index is -0.663. The second kappa shape index (κ2) is 8.84. The van der Waals surface area contributed by atoms with Crippen molar-refractivity contribution in [1.29, 1.82) is 0 Å². The van der Waals surface area contributed by atoms with Crippen LogP contribution in [0.1, 0.15) is 28.8 Å². The van der Waals surface area contributed by atoms with Gasteiger partial charge in [0.25, 0.3) is 11.8 Å². The summed E-state index contributed by atoms with van der Waals surface area (Å²) in [5, 5.41) is 0. The highest BCUT2D eigenvalue weighted by Crippen LogP contribution is 2.19. The van der Waals surface area contributed by atoms with Gasteiger partial charge in [0, 0.05) is 12.1 Å². The van der Waals surface area contributed by atoms with Crippen molar-refractivity contribution in [3.05, 3.63) is 71.8 Å². The molecule has 0 unspecified atom stereocenters. The molecule has 3 rings (SSSR count). The van der Waals surface area contributed by atoms with Gasteiger partial charge in [-0.3, -0.25) is 25.3 Å². The molecule has 1 aliphatic heterocycles. The van der Waals surface area contributed by atoms with Gasteiger partial charge in [0.2, 0.25) is 0 Å². The molecule has 7 nitrogen and oxygen atoms in total. The highest BCUT2D eigenvalue weighted by atomic mass is 16.6. The molecule has 1 atom stereocenters. The fourth-order valence-electron chi connectivity index (χ4n) is 2.92. The smallest absolute Gasteiger partial charge is 0.410 e. The van der Waals surface area contributed by atoms with E-state index in [0.29, 0.717) is 24.9 Å². The maximum absolute atomic E-state index is 12.4. The number of likely N-dealkylation sites (tertiary alicyclic amines) is 1. The molecule has 1 saturated heterocycles. The lowest BCUT2D eigenvalue weighted by Gasteiger charge is -2.23. The SMILES string of the molecule is O=C(NNC(=O)[C@@H]1CCCN1C(=O)OCc1ccccc1)c1ccccc1. The summed E-state index contributed by atoms with van der Waals surface area (Å²) in [6.07, 6.45) is 0.685. The van der Waals surface area contributed by atoms with E-state index in [2.05, 4.69) is 10.9 Å². The van der Waals surface area contributed by atoms with Crippen LogP contribution in [0.25, 0.3) is 0 Å². The van der Waals surface area contributed by atoms with E-state index in [-0.39, 0.29) is 6.61 Å². The summed E-state index contributed by atoms with van der Waals surface area (Å²) >= 11 is 0. The average molecular weight is 367 g/mol. The van der Waals surface area contributed by atoms with Crippen molar-refractivity contribution in [2.24, 2.45) is 0 Å². The summed E-state index contributed by atoms with van der Waals surface area (Å²) in [4.78, 5) is 38.1. The van der Waals surface area contributed by atoms with Gasteiger partial charge in [0.1, 0.15) is 12.6 Å². The van der Waals surface area contributed by atoms with Crippen molar-refractivity contribution in [2.75, 3.05) is 6.54 Å². The maximum atomic E-state index is 12.4. The molecule has 140 valence electrons. The molecule has 0 aromatic heterocycles. The van der Waals surface area contributed by atoms with Crippen molar-refractivity contribution in [3.8, 4) is 0 Å². The first-order valence-electron chi connectivity index (χ1n) is 8.78. The molecular formula is C20H21N3O4. The Bertz CT molecular complexity index is 795. The van der Waals surface area contributed by atoms with Gasteiger partial charge < -0.3 is 4.74 Å². The van der Waals surface area contributed by atoms with E-state index in [1.807, 2.05) is 30.3 Å². The molecule has 1 fully saturated rings. The average Bonchev–Trinajstić information content (AvgIpc) is 3.21. The molecule has 2 N–H and O–H groups in total. The predicted molar refractivity (Wildman–Crippen MR) is 98.4 cm³/mol. The zero-order chi connectivity index (χ0) is 19.1. The van der Waals surface area contributed by atoms with Crippen LogP contribution in [0.15, 0.2) is 60.7 Å². The Hall–Kier alpha value is -3.35. The van der Waals surface area contributed by atoms with E-state index >= 15 is 0 Å². The summed E-state index contributed by atoms with van der Waals surface area (Å²) in [5.74, 6) is -0.853. The number of rotatable bonds is 4. The molecule has 0 saturated carbocycles. The van der Waals surface area contributed by atoms with Crippen LogP contribution < -0.4 is 10.9 Å².